The highest BCUT2D eigenvalue weighted by atomic mass is 16.5. The molecular weight excluding hydrogens is 294 g/mol. The van der Waals surface area contributed by atoms with Gasteiger partial charge in [-0.3, -0.25) is 4.79 Å². The first-order valence-electron chi connectivity index (χ1n) is 8.23. The Kier molecular flexibility index (Phi) is 3.79. The van der Waals surface area contributed by atoms with Gasteiger partial charge in [-0.05, 0) is 25.0 Å². The highest BCUT2D eigenvalue weighted by molar-refractivity contribution is 5.94. The van der Waals surface area contributed by atoms with Crippen LogP contribution in [-0.2, 0) is 4.74 Å². The first-order valence-corrected chi connectivity index (χ1v) is 8.23. The molecule has 0 radical (unpaired) electrons. The Labute approximate surface area is 134 Å². The van der Waals surface area contributed by atoms with Crippen molar-refractivity contribution in [1.29, 1.82) is 0 Å². The predicted octanol–water partition coefficient (Wildman–Crippen LogP) is 1.34. The van der Waals surface area contributed by atoms with Gasteiger partial charge in [0.2, 0.25) is 0 Å². The Morgan fingerprint density at radius 1 is 1.35 bits per heavy atom. The fourth-order valence-corrected chi connectivity index (χ4v) is 3.86. The van der Waals surface area contributed by atoms with E-state index < -0.39 is 0 Å². The van der Waals surface area contributed by atoms with Gasteiger partial charge >= 0.3 is 0 Å². The zero-order chi connectivity index (χ0) is 15.8. The van der Waals surface area contributed by atoms with Gasteiger partial charge in [-0.15, -0.1) is 0 Å². The maximum atomic E-state index is 13.0. The van der Waals surface area contributed by atoms with Crippen LogP contribution in [0.2, 0.25) is 0 Å². The van der Waals surface area contributed by atoms with Gasteiger partial charge in [0.25, 0.3) is 5.91 Å². The molecule has 2 aromatic rings. The van der Waals surface area contributed by atoms with Gasteiger partial charge in [0.05, 0.1) is 30.9 Å². The van der Waals surface area contributed by atoms with Gasteiger partial charge in [0.1, 0.15) is 5.65 Å². The van der Waals surface area contributed by atoms with E-state index in [1.807, 2.05) is 33.8 Å². The minimum atomic E-state index is -0.326. The summed E-state index contributed by atoms with van der Waals surface area (Å²) in [5.41, 5.74) is 1.47. The number of pyridine rings is 1. The van der Waals surface area contributed by atoms with E-state index in [0.717, 1.165) is 24.9 Å². The Hall–Kier alpha value is -1.92. The molecule has 3 unspecified atom stereocenters. The summed E-state index contributed by atoms with van der Waals surface area (Å²) in [6, 6.07) is 3.64. The molecule has 2 aliphatic rings. The van der Waals surface area contributed by atoms with E-state index in [0.29, 0.717) is 25.3 Å². The number of hydrogen-bond donors (Lipinski definition) is 1. The highest BCUT2D eigenvalue weighted by Crippen LogP contribution is 2.32. The van der Waals surface area contributed by atoms with Gasteiger partial charge in [-0.2, -0.15) is 0 Å². The van der Waals surface area contributed by atoms with Gasteiger partial charge in [-0.1, -0.05) is 6.42 Å². The molecule has 0 bridgehead atoms. The van der Waals surface area contributed by atoms with Crippen LogP contribution in [0.15, 0.2) is 30.7 Å². The third-order valence-corrected chi connectivity index (χ3v) is 5.09. The van der Waals surface area contributed by atoms with Crippen LogP contribution in [0.25, 0.3) is 5.65 Å². The number of aromatic nitrogens is 2. The molecule has 122 valence electrons. The maximum absolute atomic E-state index is 13.0. The minimum absolute atomic E-state index is 0.00741. The van der Waals surface area contributed by atoms with Crippen molar-refractivity contribution in [3.63, 3.8) is 0 Å². The van der Waals surface area contributed by atoms with Crippen LogP contribution in [-0.4, -0.2) is 57.2 Å². The molecule has 23 heavy (non-hydrogen) atoms. The van der Waals surface area contributed by atoms with Crippen LogP contribution >= 0.6 is 0 Å². The van der Waals surface area contributed by atoms with Gasteiger partial charge in [0, 0.05) is 31.1 Å². The number of aliphatic hydroxyl groups excluding tert-OH is 1. The van der Waals surface area contributed by atoms with Crippen molar-refractivity contribution >= 4 is 11.6 Å². The van der Waals surface area contributed by atoms with Crippen molar-refractivity contribution in [1.82, 2.24) is 14.3 Å². The van der Waals surface area contributed by atoms with Crippen LogP contribution in [0.3, 0.4) is 0 Å². The van der Waals surface area contributed by atoms with Crippen molar-refractivity contribution in [2.24, 2.45) is 5.92 Å². The molecule has 3 heterocycles. The first-order chi connectivity index (χ1) is 11.2. The molecule has 6 heteroatoms. The Morgan fingerprint density at radius 2 is 2.26 bits per heavy atom. The number of carbonyl (C=O) groups is 1. The second-order valence-corrected chi connectivity index (χ2v) is 6.41. The monoisotopic (exact) mass is 315 g/mol. The molecule has 0 aromatic carbocycles. The number of fused-ring (bicyclic) bond motifs is 1. The number of imidazole rings is 1. The topological polar surface area (TPSA) is 67.1 Å². The summed E-state index contributed by atoms with van der Waals surface area (Å²) in [4.78, 5) is 19.1. The largest absolute Gasteiger partial charge is 0.393 e. The maximum Gasteiger partial charge on any atom is 0.255 e. The molecule has 1 N–H and O–H groups in total. The number of nitrogens with zero attached hydrogens (tertiary/aromatic N) is 3. The summed E-state index contributed by atoms with van der Waals surface area (Å²) >= 11 is 0. The zero-order valence-corrected chi connectivity index (χ0v) is 13.0. The average molecular weight is 315 g/mol. The molecule has 2 fully saturated rings. The van der Waals surface area contributed by atoms with Gasteiger partial charge in [0.15, 0.2) is 0 Å². The zero-order valence-electron chi connectivity index (χ0n) is 13.0. The molecule has 1 saturated heterocycles. The number of rotatable bonds is 2. The highest BCUT2D eigenvalue weighted by Gasteiger charge is 2.39. The average Bonchev–Trinajstić information content (AvgIpc) is 3.22. The summed E-state index contributed by atoms with van der Waals surface area (Å²) in [6.45, 7) is 1.65. The molecule has 0 spiro atoms. The number of carbonyl (C=O) groups excluding carboxylic acids is 1. The normalized spacial score (nSPS) is 28.4. The second kappa shape index (κ2) is 5.94. The molecule has 1 saturated carbocycles. The van der Waals surface area contributed by atoms with Crippen molar-refractivity contribution in [2.45, 2.75) is 31.4 Å². The number of ether oxygens (including phenoxy) is 1. The minimum Gasteiger partial charge on any atom is -0.393 e. The van der Waals surface area contributed by atoms with Crippen molar-refractivity contribution in [3.05, 3.63) is 36.3 Å². The molecule has 6 nitrogen and oxygen atoms in total. The van der Waals surface area contributed by atoms with Crippen molar-refractivity contribution < 1.29 is 14.6 Å². The fraction of sp³-hybridized carbons (Fsp3) is 0.529. The second-order valence-electron chi connectivity index (χ2n) is 6.41. The molecule has 4 rings (SSSR count). The molecule has 1 aliphatic heterocycles. The van der Waals surface area contributed by atoms with E-state index in [1.165, 1.54) is 0 Å². The van der Waals surface area contributed by atoms with E-state index in [4.69, 9.17) is 4.74 Å². The molecule has 2 aromatic heterocycles. The summed E-state index contributed by atoms with van der Waals surface area (Å²) in [5, 5.41) is 10.2. The van der Waals surface area contributed by atoms with Gasteiger partial charge < -0.3 is 19.1 Å². The predicted molar refractivity (Wildman–Crippen MR) is 84.2 cm³/mol. The van der Waals surface area contributed by atoms with Crippen molar-refractivity contribution in [3.8, 4) is 0 Å². The van der Waals surface area contributed by atoms with E-state index in [1.54, 1.807) is 6.20 Å². The molecule has 1 amide bonds. The lowest BCUT2D eigenvalue weighted by atomic mass is 9.94. The van der Waals surface area contributed by atoms with Gasteiger partial charge in [-0.25, -0.2) is 4.98 Å². The summed E-state index contributed by atoms with van der Waals surface area (Å²) in [6.07, 6.45) is 7.85. The first kappa shape index (κ1) is 14.7. The third-order valence-electron chi connectivity index (χ3n) is 5.09. The van der Waals surface area contributed by atoms with Crippen LogP contribution in [0.5, 0.6) is 0 Å². The van der Waals surface area contributed by atoms with Crippen LogP contribution in [0.4, 0.5) is 0 Å². The van der Waals surface area contributed by atoms with E-state index in [-0.39, 0.29) is 24.0 Å². The Balaban J connectivity index is 1.61. The summed E-state index contributed by atoms with van der Waals surface area (Å²) in [5.74, 6) is 0.129. The third kappa shape index (κ3) is 2.62. The van der Waals surface area contributed by atoms with E-state index in [9.17, 15) is 9.90 Å². The molecular formula is C17H21N3O3. The number of amides is 1. The Morgan fingerprint density at radius 3 is 3.09 bits per heavy atom. The lowest BCUT2D eigenvalue weighted by Crippen LogP contribution is -2.53. The lowest BCUT2D eigenvalue weighted by molar-refractivity contribution is -0.0383. The number of morpholine rings is 1. The lowest BCUT2D eigenvalue weighted by Gasteiger charge is -2.40. The quantitative estimate of drug-likeness (QED) is 0.908. The SMILES string of the molecule is O=C(c1ccc2nccn2c1)N1CCOCC1C1CCCC1O. The summed E-state index contributed by atoms with van der Waals surface area (Å²) < 4.78 is 7.45. The number of hydrogen-bond acceptors (Lipinski definition) is 4. The van der Waals surface area contributed by atoms with E-state index in [2.05, 4.69) is 4.98 Å². The number of aliphatic hydroxyl groups is 1. The molecule has 3 atom stereocenters. The smallest absolute Gasteiger partial charge is 0.255 e. The van der Waals surface area contributed by atoms with Crippen LogP contribution in [0.1, 0.15) is 29.6 Å². The van der Waals surface area contributed by atoms with Crippen LogP contribution < -0.4 is 0 Å². The standard InChI is InChI=1S/C17H21N3O3/c21-15-3-1-2-13(15)14-11-23-9-8-20(14)17(22)12-4-5-16-18-6-7-19(16)10-12/h4-7,10,13-15,21H,1-3,8-9,11H2. The van der Waals surface area contributed by atoms with Crippen molar-refractivity contribution in [2.75, 3.05) is 19.8 Å². The molecule has 1 aliphatic carbocycles. The Bertz CT molecular complexity index is 714. The fourth-order valence-electron chi connectivity index (χ4n) is 3.86. The van der Waals surface area contributed by atoms with Crippen LogP contribution in [0, 0.1) is 5.92 Å². The van der Waals surface area contributed by atoms with E-state index >= 15 is 0 Å². The summed E-state index contributed by atoms with van der Waals surface area (Å²) in [7, 11) is 0.